The maximum absolute atomic E-state index is 10.6. The highest BCUT2D eigenvalue weighted by molar-refractivity contribution is 5.58. The van der Waals surface area contributed by atoms with Crippen LogP contribution in [0.5, 0.6) is 0 Å². The summed E-state index contributed by atoms with van der Waals surface area (Å²) in [4.78, 5) is 10.6. The highest BCUT2D eigenvalue weighted by Gasteiger charge is 2.22. The van der Waals surface area contributed by atoms with Crippen molar-refractivity contribution >= 4 is 11.9 Å². The number of pyridine rings is 1. The molecule has 0 unspecified atom stereocenters. The number of fused-ring (bicyclic) bond motifs is 1. The summed E-state index contributed by atoms with van der Waals surface area (Å²) >= 11 is 0. The second-order valence-electron chi connectivity index (χ2n) is 5.91. The zero-order valence-corrected chi connectivity index (χ0v) is 13.6. The molecular formula is C17H25N3O2. The lowest BCUT2D eigenvalue weighted by Crippen LogP contribution is -2.36. The lowest BCUT2D eigenvalue weighted by atomic mass is 10.0. The van der Waals surface area contributed by atoms with E-state index in [2.05, 4.69) is 40.2 Å². The third-order valence-corrected chi connectivity index (χ3v) is 3.81. The zero-order valence-electron chi connectivity index (χ0n) is 13.6. The Morgan fingerprint density at radius 2 is 2.00 bits per heavy atom. The van der Waals surface area contributed by atoms with Crippen molar-refractivity contribution in [1.82, 2.24) is 15.0 Å². The molecule has 3 heterocycles. The van der Waals surface area contributed by atoms with Gasteiger partial charge in [0.1, 0.15) is 0 Å². The molecule has 0 atom stereocenters. The fourth-order valence-corrected chi connectivity index (χ4v) is 2.54. The van der Waals surface area contributed by atoms with Gasteiger partial charge in [0.2, 0.25) is 6.41 Å². The van der Waals surface area contributed by atoms with Gasteiger partial charge < -0.3 is 19.8 Å². The highest BCUT2D eigenvalue weighted by Crippen LogP contribution is 2.23. The molecule has 5 heteroatoms. The van der Waals surface area contributed by atoms with Gasteiger partial charge in [0, 0.05) is 30.5 Å². The van der Waals surface area contributed by atoms with Crippen LogP contribution >= 0.6 is 0 Å². The van der Waals surface area contributed by atoms with Gasteiger partial charge in [0.05, 0.1) is 18.8 Å². The number of aryl methyl sites for hydroxylation is 1. The van der Waals surface area contributed by atoms with Crippen LogP contribution in [-0.4, -0.2) is 37.1 Å². The Morgan fingerprint density at radius 1 is 1.27 bits per heavy atom. The number of amides is 1. The lowest BCUT2D eigenvalue weighted by molar-refractivity contribution is -0.111. The fourth-order valence-electron chi connectivity index (χ4n) is 2.54. The minimum Gasteiger partial charge on any atom is -0.379 e. The van der Waals surface area contributed by atoms with E-state index in [1.807, 2.05) is 26.1 Å². The Labute approximate surface area is 131 Å². The molecule has 2 aromatic heterocycles. The molecule has 0 spiro atoms. The van der Waals surface area contributed by atoms with Crippen LogP contribution in [-0.2, 0) is 15.1 Å². The fraction of sp³-hybridized carbons (Fsp3) is 0.471. The van der Waals surface area contributed by atoms with Crippen LogP contribution in [0.2, 0.25) is 0 Å². The number of hydrogen-bond donors (Lipinski definition) is 2. The molecule has 2 N–H and O–H groups in total. The molecule has 0 aromatic carbocycles. The average molecular weight is 303 g/mol. The van der Waals surface area contributed by atoms with E-state index in [1.54, 1.807) is 0 Å². The predicted molar refractivity (Wildman–Crippen MR) is 88.0 cm³/mol. The van der Waals surface area contributed by atoms with Crippen molar-refractivity contribution < 1.29 is 9.53 Å². The summed E-state index contributed by atoms with van der Waals surface area (Å²) in [6.07, 6.45) is 2.76. The molecule has 1 saturated heterocycles. The van der Waals surface area contributed by atoms with Crippen molar-refractivity contribution in [3.8, 4) is 0 Å². The Kier molecular flexibility index (Phi) is 5.57. The van der Waals surface area contributed by atoms with Crippen LogP contribution in [0.3, 0.4) is 0 Å². The van der Waals surface area contributed by atoms with E-state index in [9.17, 15) is 4.79 Å². The van der Waals surface area contributed by atoms with Crippen molar-refractivity contribution in [3.05, 3.63) is 41.7 Å². The van der Waals surface area contributed by atoms with Gasteiger partial charge in [-0.2, -0.15) is 0 Å². The SMILES string of the molecule is C1COCCN1.Cc1cccn2c(C(C)(C)NC=O)ccc12. The van der Waals surface area contributed by atoms with Crippen LogP contribution in [0.25, 0.3) is 5.52 Å². The maximum Gasteiger partial charge on any atom is 0.207 e. The third-order valence-electron chi connectivity index (χ3n) is 3.81. The first-order valence-electron chi connectivity index (χ1n) is 7.63. The summed E-state index contributed by atoms with van der Waals surface area (Å²) in [5, 5.41) is 5.99. The largest absolute Gasteiger partial charge is 0.379 e. The van der Waals surface area contributed by atoms with Gasteiger partial charge in [-0.25, -0.2) is 0 Å². The summed E-state index contributed by atoms with van der Waals surface area (Å²) in [5.74, 6) is 0. The lowest BCUT2D eigenvalue weighted by Gasteiger charge is -2.24. The molecule has 1 aliphatic heterocycles. The molecule has 3 rings (SSSR count). The Morgan fingerprint density at radius 3 is 2.55 bits per heavy atom. The van der Waals surface area contributed by atoms with E-state index in [0.717, 1.165) is 38.4 Å². The van der Waals surface area contributed by atoms with Crippen LogP contribution in [0, 0.1) is 6.92 Å². The van der Waals surface area contributed by atoms with Crippen molar-refractivity contribution in [2.75, 3.05) is 26.3 Å². The first-order valence-corrected chi connectivity index (χ1v) is 7.63. The Balaban J connectivity index is 0.000000246. The molecule has 0 radical (unpaired) electrons. The zero-order chi connectivity index (χ0) is 16.0. The Bertz CT molecular complexity index is 604. The molecule has 5 nitrogen and oxygen atoms in total. The maximum atomic E-state index is 10.6. The molecular weight excluding hydrogens is 278 g/mol. The molecule has 0 saturated carbocycles. The van der Waals surface area contributed by atoms with E-state index in [4.69, 9.17) is 4.74 Å². The van der Waals surface area contributed by atoms with Crippen molar-refractivity contribution in [2.45, 2.75) is 26.3 Å². The van der Waals surface area contributed by atoms with Gasteiger partial charge in [-0.05, 0) is 44.5 Å². The number of aromatic nitrogens is 1. The molecule has 1 amide bonds. The minimum absolute atomic E-state index is 0.359. The second kappa shape index (κ2) is 7.42. The van der Waals surface area contributed by atoms with Crippen LogP contribution < -0.4 is 10.6 Å². The van der Waals surface area contributed by atoms with Crippen LogP contribution in [0.1, 0.15) is 25.1 Å². The smallest absolute Gasteiger partial charge is 0.207 e. The predicted octanol–water partition coefficient (Wildman–Crippen LogP) is 1.84. The van der Waals surface area contributed by atoms with Gasteiger partial charge in [-0.3, -0.25) is 4.79 Å². The Hall–Kier alpha value is -1.85. The second-order valence-corrected chi connectivity index (χ2v) is 5.91. The summed E-state index contributed by atoms with van der Waals surface area (Å²) in [7, 11) is 0. The number of morpholine rings is 1. The third kappa shape index (κ3) is 3.87. The molecule has 22 heavy (non-hydrogen) atoms. The van der Waals surface area contributed by atoms with Crippen molar-refractivity contribution in [1.29, 1.82) is 0 Å². The van der Waals surface area contributed by atoms with Gasteiger partial charge in [0.25, 0.3) is 0 Å². The van der Waals surface area contributed by atoms with Gasteiger partial charge in [-0.1, -0.05) is 6.07 Å². The van der Waals surface area contributed by atoms with E-state index < -0.39 is 0 Å². The van der Waals surface area contributed by atoms with Crippen molar-refractivity contribution in [2.24, 2.45) is 0 Å². The number of nitrogens with one attached hydrogen (secondary N) is 2. The number of carbonyl (C=O) groups excluding carboxylic acids is 1. The van der Waals surface area contributed by atoms with Gasteiger partial charge >= 0.3 is 0 Å². The van der Waals surface area contributed by atoms with Crippen LogP contribution in [0.4, 0.5) is 0 Å². The number of carbonyl (C=O) groups is 1. The van der Waals surface area contributed by atoms with Crippen molar-refractivity contribution in [3.63, 3.8) is 0 Å². The standard InChI is InChI=1S/C13H16N2O.C4H9NO/c1-10-5-4-8-15-11(10)6-7-12(15)13(2,3)14-9-16;1-3-6-4-2-5-1/h4-9H,1-3H3,(H,14,16);5H,1-4H2. The topological polar surface area (TPSA) is 54.8 Å². The molecule has 120 valence electrons. The van der Waals surface area contributed by atoms with E-state index in [1.165, 1.54) is 11.1 Å². The number of nitrogens with zero attached hydrogens (tertiary/aromatic N) is 1. The first kappa shape index (κ1) is 16.5. The normalized spacial score (nSPS) is 15.0. The summed E-state index contributed by atoms with van der Waals surface area (Å²) in [6, 6.07) is 8.24. The molecule has 0 bridgehead atoms. The van der Waals surface area contributed by atoms with Crippen LogP contribution in [0.15, 0.2) is 30.5 Å². The molecule has 2 aromatic rings. The number of hydrogen-bond acceptors (Lipinski definition) is 3. The number of rotatable bonds is 3. The minimum atomic E-state index is -0.359. The van der Waals surface area contributed by atoms with E-state index in [0.29, 0.717) is 0 Å². The quantitative estimate of drug-likeness (QED) is 0.851. The molecule has 1 aliphatic rings. The van der Waals surface area contributed by atoms with E-state index >= 15 is 0 Å². The monoisotopic (exact) mass is 303 g/mol. The van der Waals surface area contributed by atoms with E-state index in [-0.39, 0.29) is 5.54 Å². The summed E-state index contributed by atoms with van der Waals surface area (Å²) < 4.78 is 7.12. The number of ether oxygens (including phenoxy) is 1. The first-order chi connectivity index (χ1) is 10.6. The molecule has 1 fully saturated rings. The molecule has 0 aliphatic carbocycles. The highest BCUT2D eigenvalue weighted by atomic mass is 16.5. The van der Waals surface area contributed by atoms with Gasteiger partial charge in [0.15, 0.2) is 0 Å². The average Bonchev–Trinajstić information content (AvgIpc) is 2.96. The summed E-state index contributed by atoms with van der Waals surface area (Å²) in [6.45, 7) is 9.90. The van der Waals surface area contributed by atoms with Gasteiger partial charge in [-0.15, -0.1) is 0 Å². The summed E-state index contributed by atoms with van der Waals surface area (Å²) in [5.41, 5.74) is 3.13.